The molecule has 0 amide bonds. The van der Waals surface area contributed by atoms with E-state index in [4.69, 9.17) is 19.3 Å². The molecule has 1 saturated heterocycles. The first-order chi connectivity index (χ1) is 10.6. The van der Waals surface area contributed by atoms with E-state index in [2.05, 4.69) is 0 Å². The molecule has 22 heavy (non-hydrogen) atoms. The van der Waals surface area contributed by atoms with Crippen molar-refractivity contribution < 1.29 is 34.6 Å². The normalized spacial score (nSPS) is 32.0. The van der Waals surface area contributed by atoms with Crippen molar-refractivity contribution in [2.24, 2.45) is 0 Å². The lowest BCUT2D eigenvalue weighted by Crippen LogP contribution is -2.59. The number of methoxy groups -OCH3 is 1. The summed E-state index contributed by atoms with van der Waals surface area (Å²) in [5, 5.41) is 38.3. The van der Waals surface area contributed by atoms with E-state index in [0.29, 0.717) is 6.42 Å². The molecule has 5 atom stereocenters. The number of hydrogen-bond donors (Lipinski definition) is 4. The van der Waals surface area contributed by atoms with E-state index in [-0.39, 0.29) is 6.61 Å². The van der Waals surface area contributed by atoms with Gasteiger partial charge in [-0.05, 0) is 18.1 Å². The molecule has 124 valence electrons. The van der Waals surface area contributed by atoms with E-state index in [1.807, 2.05) is 24.3 Å². The molecule has 0 bridgehead atoms. The van der Waals surface area contributed by atoms with Gasteiger partial charge < -0.3 is 34.6 Å². The van der Waals surface area contributed by atoms with Crippen LogP contribution in [0.1, 0.15) is 5.56 Å². The van der Waals surface area contributed by atoms with Crippen molar-refractivity contribution in [1.29, 1.82) is 0 Å². The largest absolute Gasteiger partial charge is 0.496 e. The van der Waals surface area contributed by atoms with Crippen LogP contribution in [0.2, 0.25) is 0 Å². The minimum absolute atomic E-state index is 0.225. The second-order valence-corrected chi connectivity index (χ2v) is 5.13. The molecular weight excluding hydrogens is 292 g/mol. The molecule has 1 aromatic carbocycles. The highest BCUT2D eigenvalue weighted by Crippen LogP contribution is 2.23. The average molecular weight is 314 g/mol. The number of benzene rings is 1. The summed E-state index contributed by atoms with van der Waals surface area (Å²) >= 11 is 0. The minimum atomic E-state index is -1.43. The molecule has 1 aliphatic rings. The third-order valence-electron chi connectivity index (χ3n) is 3.69. The maximum Gasteiger partial charge on any atom is 0.186 e. The van der Waals surface area contributed by atoms with Gasteiger partial charge >= 0.3 is 0 Å². The fourth-order valence-corrected chi connectivity index (χ4v) is 2.40. The van der Waals surface area contributed by atoms with Crippen molar-refractivity contribution in [3.8, 4) is 5.75 Å². The first-order valence-corrected chi connectivity index (χ1v) is 7.12. The number of ether oxygens (including phenoxy) is 3. The molecule has 2 rings (SSSR count). The van der Waals surface area contributed by atoms with Crippen LogP contribution in [0.4, 0.5) is 0 Å². The van der Waals surface area contributed by atoms with Crippen LogP contribution in [0.3, 0.4) is 0 Å². The molecule has 0 aromatic heterocycles. The second kappa shape index (κ2) is 7.87. The number of hydrogen-bond acceptors (Lipinski definition) is 7. The Hall–Kier alpha value is -1.22. The van der Waals surface area contributed by atoms with Crippen molar-refractivity contribution in [2.45, 2.75) is 37.1 Å². The third-order valence-corrected chi connectivity index (χ3v) is 3.69. The topological polar surface area (TPSA) is 109 Å². The highest BCUT2D eigenvalue weighted by Gasteiger charge is 2.43. The molecule has 1 aromatic rings. The lowest BCUT2D eigenvalue weighted by Gasteiger charge is -2.39. The van der Waals surface area contributed by atoms with Crippen LogP contribution in [-0.4, -0.2) is 71.5 Å². The van der Waals surface area contributed by atoms with E-state index >= 15 is 0 Å². The molecule has 4 N–H and O–H groups in total. The summed E-state index contributed by atoms with van der Waals surface area (Å²) in [5.41, 5.74) is 0.939. The maximum atomic E-state index is 9.85. The van der Waals surface area contributed by atoms with Crippen LogP contribution in [0, 0.1) is 0 Å². The summed E-state index contributed by atoms with van der Waals surface area (Å²) in [4.78, 5) is 0. The van der Waals surface area contributed by atoms with Crippen LogP contribution in [0.5, 0.6) is 5.75 Å². The van der Waals surface area contributed by atoms with Crippen LogP contribution in [0.15, 0.2) is 24.3 Å². The Bertz CT molecular complexity index is 465. The lowest BCUT2D eigenvalue weighted by atomic mass is 9.99. The Balaban J connectivity index is 1.90. The van der Waals surface area contributed by atoms with Gasteiger partial charge in [0.2, 0.25) is 0 Å². The zero-order valence-electron chi connectivity index (χ0n) is 12.3. The Morgan fingerprint density at radius 3 is 2.50 bits per heavy atom. The molecule has 0 aliphatic carbocycles. The molecule has 1 fully saturated rings. The molecule has 1 heterocycles. The summed E-state index contributed by atoms with van der Waals surface area (Å²) in [6, 6.07) is 7.48. The van der Waals surface area contributed by atoms with E-state index in [9.17, 15) is 15.3 Å². The first kappa shape index (κ1) is 17.1. The SMILES string of the molecule is COc1ccccc1CCO[C@@H]1O[C@H](CO)[C@@H](O)[C@H](O)[C@H]1O. The van der Waals surface area contributed by atoms with Crippen molar-refractivity contribution in [3.63, 3.8) is 0 Å². The van der Waals surface area contributed by atoms with E-state index < -0.39 is 37.3 Å². The number of rotatable bonds is 6. The predicted octanol–water partition coefficient (Wildman–Crippen LogP) is -0.946. The van der Waals surface area contributed by atoms with Gasteiger partial charge in [-0.2, -0.15) is 0 Å². The van der Waals surface area contributed by atoms with E-state index in [0.717, 1.165) is 11.3 Å². The molecule has 0 saturated carbocycles. The summed E-state index contributed by atoms with van der Waals surface area (Å²) in [7, 11) is 1.58. The van der Waals surface area contributed by atoms with Gasteiger partial charge in [-0.1, -0.05) is 18.2 Å². The summed E-state index contributed by atoms with van der Waals surface area (Å²) in [5.74, 6) is 0.736. The van der Waals surface area contributed by atoms with Crippen molar-refractivity contribution in [3.05, 3.63) is 29.8 Å². The molecule has 0 radical (unpaired) electrons. The summed E-state index contributed by atoms with van der Waals surface area (Å²) < 4.78 is 15.9. The molecule has 0 spiro atoms. The number of aliphatic hydroxyl groups is 4. The van der Waals surface area contributed by atoms with Gasteiger partial charge in [-0.15, -0.1) is 0 Å². The van der Waals surface area contributed by atoms with Crippen molar-refractivity contribution >= 4 is 0 Å². The van der Waals surface area contributed by atoms with Gasteiger partial charge in [0.1, 0.15) is 30.2 Å². The zero-order valence-corrected chi connectivity index (χ0v) is 12.3. The van der Waals surface area contributed by atoms with Gasteiger partial charge in [0.25, 0.3) is 0 Å². The van der Waals surface area contributed by atoms with Crippen LogP contribution in [-0.2, 0) is 15.9 Å². The molecular formula is C15H22O7. The maximum absolute atomic E-state index is 9.85. The molecule has 0 unspecified atom stereocenters. The Kier molecular flexibility index (Phi) is 6.13. The average Bonchev–Trinajstić information content (AvgIpc) is 2.55. The fourth-order valence-electron chi connectivity index (χ4n) is 2.40. The van der Waals surface area contributed by atoms with Gasteiger partial charge in [0.15, 0.2) is 6.29 Å². The van der Waals surface area contributed by atoms with Gasteiger partial charge in [-0.3, -0.25) is 0 Å². The van der Waals surface area contributed by atoms with Crippen LogP contribution >= 0.6 is 0 Å². The minimum Gasteiger partial charge on any atom is -0.496 e. The van der Waals surface area contributed by atoms with Crippen molar-refractivity contribution in [1.82, 2.24) is 0 Å². The Labute approximate surface area is 128 Å². The highest BCUT2D eigenvalue weighted by molar-refractivity contribution is 5.33. The van der Waals surface area contributed by atoms with Gasteiger partial charge in [0, 0.05) is 0 Å². The molecule has 7 nitrogen and oxygen atoms in total. The Morgan fingerprint density at radius 1 is 1.09 bits per heavy atom. The smallest absolute Gasteiger partial charge is 0.186 e. The predicted molar refractivity (Wildman–Crippen MR) is 76.4 cm³/mol. The Morgan fingerprint density at radius 2 is 1.82 bits per heavy atom. The zero-order chi connectivity index (χ0) is 16.1. The highest BCUT2D eigenvalue weighted by atomic mass is 16.7. The standard InChI is InChI=1S/C15H22O7/c1-20-10-5-3-2-4-9(10)6-7-21-15-14(19)13(18)12(17)11(8-16)22-15/h2-5,11-19H,6-8H2,1H3/t11-,12-,13+,14-,15-/m1/s1. The van der Waals surface area contributed by atoms with E-state index in [1.54, 1.807) is 7.11 Å². The quantitative estimate of drug-likeness (QED) is 0.536. The number of para-hydroxylation sites is 1. The fraction of sp³-hybridized carbons (Fsp3) is 0.600. The summed E-state index contributed by atoms with van der Waals surface area (Å²) in [6.07, 6.45) is -5.73. The van der Waals surface area contributed by atoms with Gasteiger partial charge in [0.05, 0.1) is 20.3 Å². The van der Waals surface area contributed by atoms with Crippen LogP contribution < -0.4 is 4.74 Å². The van der Waals surface area contributed by atoms with Crippen LogP contribution in [0.25, 0.3) is 0 Å². The molecule has 1 aliphatic heterocycles. The van der Waals surface area contributed by atoms with Crippen molar-refractivity contribution in [2.75, 3.05) is 20.3 Å². The lowest BCUT2D eigenvalue weighted by molar-refractivity contribution is -0.300. The number of aliphatic hydroxyl groups excluding tert-OH is 4. The van der Waals surface area contributed by atoms with E-state index in [1.165, 1.54) is 0 Å². The monoisotopic (exact) mass is 314 g/mol. The van der Waals surface area contributed by atoms with Gasteiger partial charge in [-0.25, -0.2) is 0 Å². The summed E-state index contributed by atoms with van der Waals surface area (Å²) in [6.45, 7) is -0.250. The second-order valence-electron chi connectivity index (χ2n) is 5.13. The third kappa shape index (κ3) is 3.75. The first-order valence-electron chi connectivity index (χ1n) is 7.12. The molecule has 7 heteroatoms.